The Morgan fingerprint density at radius 1 is 1.18 bits per heavy atom. The quantitative estimate of drug-likeness (QED) is 0.574. The van der Waals surface area contributed by atoms with Crippen molar-refractivity contribution in [1.82, 2.24) is 4.98 Å². The van der Waals surface area contributed by atoms with Gasteiger partial charge in [-0.1, -0.05) is 0 Å². The average molecular weight is 266 g/mol. The lowest BCUT2D eigenvalue weighted by Gasteiger charge is -2.35. The molecule has 0 aromatic carbocycles. The molecule has 1 unspecified atom stereocenters. The lowest BCUT2D eigenvalue weighted by molar-refractivity contribution is 0.404. The summed E-state index contributed by atoms with van der Waals surface area (Å²) < 4.78 is 53.0. The molecule has 1 saturated heterocycles. The first-order valence-electron chi connectivity index (χ1n) is 5.06. The van der Waals surface area contributed by atoms with Gasteiger partial charge < -0.3 is 4.90 Å². The van der Waals surface area contributed by atoms with Gasteiger partial charge in [-0.2, -0.15) is 34.3 Å². The van der Waals surface area contributed by atoms with E-state index in [0.29, 0.717) is 18.1 Å². The zero-order chi connectivity index (χ0) is 12.6. The molecule has 0 saturated carbocycles. The van der Waals surface area contributed by atoms with Crippen LogP contribution in [0.4, 0.5) is 23.2 Å². The van der Waals surface area contributed by atoms with E-state index in [9.17, 15) is 17.6 Å². The van der Waals surface area contributed by atoms with E-state index in [1.165, 1.54) is 4.90 Å². The molecule has 1 atom stereocenters. The summed E-state index contributed by atoms with van der Waals surface area (Å²) in [5.74, 6) is -4.75. The first-order chi connectivity index (χ1) is 8.02. The largest absolute Gasteiger partial charge is 0.362 e. The Kier molecular flexibility index (Phi) is 3.46. The zero-order valence-electron chi connectivity index (χ0n) is 9.01. The number of rotatable bonds is 1. The van der Waals surface area contributed by atoms with Crippen LogP contribution >= 0.6 is 11.8 Å². The maximum Gasteiger partial charge on any atom is 0.253 e. The number of hydrogen-bond donors (Lipinski definition) is 0. The highest BCUT2D eigenvalue weighted by Gasteiger charge is 2.29. The molecule has 0 bridgehead atoms. The zero-order valence-corrected chi connectivity index (χ0v) is 9.83. The van der Waals surface area contributed by atoms with E-state index >= 15 is 0 Å². The molecule has 2 nitrogen and oxygen atoms in total. The molecule has 2 heterocycles. The van der Waals surface area contributed by atoms with Crippen molar-refractivity contribution in [3.8, 4) is 0 Å². The minimum absolute atomic E-state index is 0.182. The summed E-state index contributed by atoms with van der Waals surface area (Å²) in [7, 11) is 0. The van der Waals surface area contributed by atoms with Gasteiger partial charge in [0.05, 0.1) is 0 Å². The molecule has 0 aliphatic carbocycles. The molecular formula is C10H10F4N2S. The normalized spacial score (nSPS) is 20.8. The van der Waals surface area contributed by atoms with Gasteiger partial charge in [-0.15, -0.1) is 0 Å². The van der Waals surface area contributed by atoms with Crippen LogP contribution in [0.3, 0.4) is 0 Å². The van der Waals surface area contributed by atoms with Crippen molar-refractivity contribution >= 4 is 17.4 Å². The molecule has 94 valence electrons. The van der Waals surface area contributed by atoms with Crippen LogP contribution in [0.15, 0.2) is 0 Å². The first-order valence-corrected chi connectivity index (χ1v) is 6.22. The van der Waals surface area contributed by atoms with Crippen molar-refractivity contribution in [2.24, 2.45) is 0 Å². The fourth-order valence-corrected chi connectivity index (χ4v) is 2.80. The monoisotopic (exact) mass is 266 g/mol. The van der Waals surface area contributed by atoms with Crippen LogP contribution < -0.4 is 4.90 Å². The van der Waals surface area contributed by atoms with Crippen molar-refractivity contribution in [3.05, 3.63) is 23.5 Å². The van der Waals surface area contributed by atoms with Crippen molar-refractivity contribution < 1.29 is 17.6 Å². The molecule has 1 aliphatic rings. The summed E-state index contributed by atoms with van der Waals surface area (Å²) in [5.41, 5.74) is -0.650. The number of aromatic nitrogens is 1. The molecule has 7 heteroatoms. The van der Waals surface area contributed by atoms with Crippen LogP contribution in [0, 0.1) is 23.5 Å². The van der Waals surface area contributed by atoms with Crippen LogP contribution in [-0.4, -0.2) is 29.1 Å². The van der Waals surface area contributed by atoms with Crippen LogP contribution in [0.25, 0.3) is 0 Å². The number of halogens is 4. The van der Waals surface area contributed by atoms with Crippen LogP contribution in [0.5, 0.6) is 0 Å². The molecule has 1 aliphatic heterocycles. The van der Waals surface area contributed by atoms with Crippen LogP contribution in [-0.2, 0) is 0 Å². The Hall–Kier alpha value is -0.980. The standard InChI is InChI=1S/C10H10F4N2S/c1-5-4-17-3-2-16(5)8-6(11)9(13)15-10(14)7(8)12/h5H,2-4H2,1H3. The third-order valence-corrected chi connectivity index (χ3v) is 3.82. The molecular weight excluding hydrogens is 256 g/mol. The summed E-state index contributed by atoms with van der Waals surface area (Å²) in [6, 6.07) is -0.182. The van der Waals surface area contributed by atoms with E-state index in [0.717, 1.165) is 0 Å². The summed E-state index contributed by atoms with van der Waals surface area (Å²) in [6.45, 7) is 2.10. The number of thioether (sulfide) groups is 1. The van der Waals surface area contributed by atoms with Gasteiger partial charge in [0.25, 0.3) is 11.9 Å². The third-order valence-electron chi connectivity index (χ3n) is 2.63. The number of nitrogens with zero attached hydrogens (tertiary/aromatic N) is 2. The van der Waals surface area contributed by atoms with Gasteiger partial charge in [0.2, 0.25) is 11.6 Å². The highest BCUT2D eigenvalue weighted by molar-refractivity contribution is 7.99. The maximum atomic E-state index is 13.5. The van der Waals surface area contributed by atoms with Gasteiger partial charge in [0, 0.05) is 24.1 Å². The maximum absolute atomic E-state index is 13.5. The van der Waals surface area contributed by atoms with E-state index in [2.05, 4.69) is 4.98 Å². The van der Waals surface area contributed by atoms with E-state index in [1.54, 1.807) is 18.7 Å². The minimum atomic E-state index is -1.61. The second-order valence-electron chi connectivity index (χ2n) is 3.79. The molecule has 0 spiro atoms. The molecule has 0 amide bonds. The molecule has 17 heavy (non-hydrogen) atoms. The molecule has 1 fully saturated rings. The van der Waals surface area contributed by atoms with E-state index in [-0.39, 0.29) is 6.04 Å². The highest BCUT2D eigenvalue weighted by atomic mass is 32.2. The predicted octanol–water partition coefficient (Wildman–Crippen LogP) is 2.58. The van der Waals surface area contributed by atoms with Gasteiger partial charge in [0.15, 0.2) is 0 Å². The van der Waals surface area contributed by atoms with Crippen molar-refractivity contribution in [1.29, 1.82) is 0 Å². The second-order valence-corrected chi connectivity index (χ2v) is 4.94. The molecule has 2 rings (SSSR count). The fourth-order valence-electron chi connectivity index (χ4n) is 1.79. The SMILES string of the molecule is CC1CSCCN1c1c(F)c(F)nc(F)c1F. The topological polar surface area (TPSA) is 16.1 Å². The van der Waals surface area contributed by atoms with Crippen molar-refractivity contribution in [2.75, 3.05) is 23.0 Å². The Balaban J connectivity index is 2.49. The number of hydrogen-bond acceptors (Lipinski definition) is 3. The lowest BCUT2D eigenvalue weighted by Crippen LogP contribution is -2.41. The summed E-state index contributed by atoms with van der Waals surface area (Å²) in [5, 5.41) is 0. The van der Waals surface area contributed by atoms with Gasteiger partial charge in [-0.05, 0) is 6.92 Å². The van der Waals surface area contributed by atoms with E-state index in [4.69, 9.17) is 0 Å². The van der Waals surface area contributed by atoms with Gasteiger partial charge in [-0.3, -0.25) is 0 Å². The predicted molar refractivity (Wildman–Crippen MR) is 58.2 cm³/mol. The lowest BCUT2D eigenvalue weighted by atomic mass is 10.2. The fraction of sp³-hybridized carbons (Fsp3) is 0.500. The minimum Gasteiger partial charge on any atom is -0.362 e. The second kappa shape index (κ2) is 4.72. The molecule has 1 aromatic heterocycles. The smallest absolute Gasteiger partial charge is 0.253 e. The third kappa shape index (κ3) is 2.20. The Labute approximate surface area is 100 Å². The first kappa shape index (κ1) is 12.5. The van der Waals surface area contributed by atoms with Crippen molar-refractivity contribution in [3.63, 3.8) is 0 Å². The van der Waals surface area contributed by atoms with Gasteiger partial charge >= 0.3 is 0 Å². The van der Waals surface area contributed by atoms with Crippen LogP contribution in [0.2, 0.25) is 0 Å². The number of pyridine rings is 1. The summed E-state index contributed by atoms with van der Waals surface area (Å²) >= 11 is 1.63. The molecule has 0 N–H and O–H groups in total. The van der Waals surface area contributed by atoms with Gasteiger partial charge in [-0.25, -0.2) is 0 Å². The van der Waals surface area contributed by atoms with E-state index < -0.39 is 29.2 Å². The van der Waals surface area contributed by atoms with E-state index in [1.807, 2.05) is 0 Å². The molecule has 0 radical (unpaired) electrons. The Morgan fingerprint density at radius 3 is 2.29 bits per heavy atom. The Morgan fingerprint density at radius 2 is 1.76 bits per heavy atom. The number of anilines is 1. The Bertz CT molecular complexity index is 415. The highest BCUT2D eigenvalue weighted by Crippen LogP contribution is 2.30. The molecule has 1 aromatic rings. The van der Waals surface area contributed by atoms with Crippen molar-refractivity contribution in [2.45, 2.75) is 13.0 Å². The van der Waals surface area contributed by atoms with Gasteiger partial charge in [0.1, 0.15) is 5.69 Å². The summed E-state index contributed by atoms with van der Waals surface area (Å²) in [4.78, 5) is 3.88. The van der Waals surface area contributed by atoms with Crippen LogP contribution in [0.1, 0.15) is 6.92 Å². The average Bonchev–Trinajstić information content (AvgIpc) is 2.29. The summed E-state index contributed by atoms with van der Waals surface area (Å²) in [6.07, 6.45) is 0.